The number of hydrogen-bond acceptors (Lipinski definition) is 2. The number of allylic oxidation sites excluding steroid dienone is 1. The second kappa shape index (κ2) is 18.0. The molecule has 0 bridgehead atoms. The van der Waals surface area contributed by atoms with Crippen LogP contribution in [0.15, 0.2) is 12.7 Å². The van der Waals surface area contributed by atoms with E-state index in [-0.39, 0.29) is 0 Å². The summed E-state index contributed by atoms with van der Waals surface area (Å²) in [5, 5.41) is 0. The molecule has 0 aromatic heterocycles. The third-order valence-electron chi connectivity index (χ3n) is 4.98. The fraction of sp³-hybridized carbons (Fsp3) is 0.909. The van der Waals surface area contributed by atoms with E-state index < -0.39 is 10.0 Å². The molecule has 0 N–H and O–H groups in total. The third-order valence-corrected chi connectivity index (χ3v) is 6.93. The fourth-order valence-electron chi connectivity index (χ4n) is 3.23. The Morgan fingerprint density at radius 3 is 1.73 bits per heavy atom. The van der Waals surface area contributed by atoms with E-state index in [9.17, 15) is 8.42 Å². The summed E-state index contributed by atoms with van der Waals surface area (Å²) < 4.78 is 27.3. The molecule has 0 saturated heterocycles. The van der Waals surface area contributed by atoms with Crippen molar-refractivity contribution in [2.75, 3.05) is 18.8 Å². The van der Waals surface area contributed by atoms with Gasteiger partial charge in [0.05, 0.1) is 5.75 Å². The minimum Gasteiger partial charge on any atom is -0.212 e. The minimum atomic E-state index is -3.09. The number of sulfonamides is 1. The molecule has 0 amide bonds. The molecule has 0 heterocycles. The average Bonchev–Trinajstić information content (AvgIpc) is 2.62. The zero-order chi connectivity index (χ0) is 19.5. The molecule has 156 valence electrons. The summed E-state index contributed by atoms with van der Waals surface area (Å²) in [6.07, 6.45) is 18.8. The van der Waals surface area contributed by atoms with Crippen LogP contribution in [0.4, 0.5) is 0 Å². The maximum absolute atomic E-state index is 12.8. The number of hydrogen-bond donors (Lipinski definition) is 0. The van der Waals surface area contributed by atoms with Gasteiger partial charge in [-0.1, -0.05) is 84.1 Å². The molecule has 0 aromatic rings. The van der Waals surface area contributed by atoms with Crippen LogP contribution in [0.1, 0.15) is 110 Å². The quantitative estimate of drug-likeness (QED) is 0.172. The third kappa shape index (κ3) is 14.8. The van der Waals surface area contributed by atoms with Crippen LogP contribution in [-0.4, -0.2) is 31.6 Å². The molecule has 26 heavy (non-hydrogen) atoms. The van der Waals surface area contributed by atoms with Crippen LogP contribution in [-0.2, 0) is 10.0 Å². The van der Waals surface area contributed by atoms with Crippen LogP contribution in [0.2, 0.25) is 0 Å². The first-order valence-electron chi connectivity index (χ1n) is 11.2. The maximum Gasteiger partial charge on any atom is 0.214 e. The van der Waals surface area contributed by atoms with Gasteiger partial charge in [0.15, 0.2) is 0 Å². The molecule has 0 spiro atoms. The van der Waals surface area contributed by atoms with Crippen molar-refractivity contribution >= 4 is 10.0 Å². The van der Waals surface area contributed by atoms with E-state index in [1.54, 1.807) is 4.31 Å². The first-order valence-corrected chi connectivity index (χ1v) is 12.8. The molecule has 0 radical (unpaired) electrons. The molecule has 4 heteroatoms. The van der Waals surface area contributed by atoms with Gasteiger partial charge in [-0.05, 0) is 32.1 Å². The molecule has 0 fully saturated rings. The molecule has 0 rings (SSSR count). The highest BCUT2D eigenvalue weighted by Gasteiger charge is 2.20. The van der Waals surface area contributed by atoms with Gasteiger partial charge >= 0.3 is 0 Å². The van der Waals surface area contributed by atoms with Crippen LogP contribution in [0.3, 0.4) is 0 Å². The fourth-order valence-corrected chi connectivity index (χ4v) is 4.87. The van der Waals surface area contributed by atoms with Crippen molar-refractivity contribution in [3.05, 3.63) is 12.7 Å². The minimum absolute atomic E-state index is 0.324. The zero-order valence-electron chi connectivity index (χ0n) is 17.7. The lowest BCUT2D eigenvalue weighted by Gasteiger charge is -2.22. The second-order valence-corrected chi connectivity index (χ2v) is 9.62. The predicted octanol–water partition coefficient (Wildman–Crippen LogP) is 6.70. The van der Waals surface area contributed by atoms with Crippen molar-refractivity contribution in [3.8, 4) is 0 Å². The standard InChI is InChI=1S/C22H45NO2S/c1-4-7-10-13-15-18-21-23(20-17-12-9-6-3)26(24,25)22-19-16-14-11-8-5-2/h5H,2,4,6-22H2,1,3H3. The summed E-state index contributed by atoms with van der Waals surface area (Å²) in [7, 11) is -3.09. The molecule has 0 aliphatic rings. The van der Waals surface area contributed by atoms with Crippen LogP contribution in [0, 0.1) is 0 Å². The van der Waals surface area contributed by atoms with Crippen LogP contribution in [0.25, 0.3) is 0 Å². The molecule has 0 aromatic carbocycles. The maximum atomic E-state index is 12.8. The molecule has 0 saturated carbocycles. The normalized spacial score (nSPS) is 12.0. The van der Waals surface area contributed by atoms with Gasteiger partial charge in [0.2, 0.25) is 10.0 Å². The Hall–Kier alpha value is -0.350. The van der Waals surface area contributed by atoms with Crippen LogP contribution < -0.4 is 0 Å². The monoisotopic (exact) mass is 387 g/mol. The lowest BCUT2D eigenvalue weighted by molar-refractivity contribution is 0.383. The summed E-state index contributed by atoms with van der Waals surface area (Å²) in [5.74, 6) is 0.324. The summed E-state index contributed by atoms with van der Waals surface area (Å²) in [6, 6.07) is 0. The summed E-state index contributed by atoms with van der Waals surface area (Å²) in [6.45, 7) is 9.58. The predicted molar refractivity (Wildman–Crippen MR) is 116 cm³/mol. The molecular formula is C22H45NO2S. The number of unbranched alkanes of at least 4 members (excludes halogenated alkanes) is 12. The van der Waals surface area contributed by atoms with Crippen molar-refractivity contribution in [2.45, 2.75) is 110 Å². The van der Waals surface area contributed by atoms with Gasteiger partial charge in [0.1, 0.15) is 0 Å². The van der Waals surface area contributed by atoms with Gasteiger partial charge in [0.25, 0.3) is 0 Å². The van der Waals surface area contributed by atoms with Crippen molar-refractivity contribution in [2.24, 2.45) is 0 Å². The first-order chi connectivity index (χ1) is 12.6. The van der Waals surface area contributed by atoms with Gasteiger partial charge in [-0.15, -0.1) is 6.58 Å². The highest BCUT2D eigenvalue weighted by Crippen LogP contribution is 2.13. The van der Waals surface area contributed by atoms with Crippen molar-refractivity contribution in [1.29, 1.82) is 0 Å². The zero-order valence-corrected chi connectivity index (χ0v) is 18.5. The van der Waals surface area contributed by atoms with Gasteiger partial charge in [0, 0.05) is 13.1 Å². The molecular weight excluding hydrogens is 342 g/mol. The highest BCUT2D eigenvalue weighted by atomic mass is 32.2. The van der Waals surface area contributed by atoms with Crippen molar-refractivity contribution < 1.29 is 8.42 Å². The van der Waals surface area contributed by atoms with Gasteiger partial charge in [-0.2, -0.15) is 0 Å². The van der Waals surface area contributed by atoms with E-state index in [1.807, 2.05) is 6.08 Å². The first kappa shape index (κ1) is 25.6. The average molecular weight is 388 g/mol. The number of rotatable bonds is 20. The van der Waals surface area contributed by atoms with E-state index in [0.717, 1.165) is 64.3 Å². The molecule has 3 nitrogen and oxygen atoms in total. The van der Waals surface area contributed by atoms with E-state index in [2.05, 4.69) is 20.4 Å². The molecule has 0 aliphatic carbocycles. The lowest BCUT2D eigenvalue weighted by atomic mass is 10.1. The van der Waals surface area contributed by atoms with Gasteiger partial charge in [-0.3, -0.25) is 0 Å². The Morgan fingerprint density at radius 1 is 0.692 bits per heavy atom. The summed E-state index contributed by atoms with van der Waals surface area (Å²) >= 11 is 0. The molecule has 0 aliphatic heterocycles. The summed E-state index contributed by atoms with van der Waals surface area (Å²) in [5.41, 5.74) is 0. The molecule has 0 atom stereocenters. The Labute approximate surface area is 164 Å². The Kier molecular flexibility index (Phi) is 17.8. The topological polar surface area (TPSA) is 37.4 Å². The van der Waals surface area contributed by atoms with Gasteiger partial charge < -0.3 is 0 Å². The molecule has 0 unspecified atom stereocenters. The van der Waals surface area contributed by atoms with Gasteiger partial charge in [-0.25, -0.2) is 12.7 Å². The summed E-state index contributed by atoms with van der Waals surface area (Å²) in [4.78, 5) is 0. The SMILES string of the molecule is C=CCCCCCCS(=O)(=O)N(CCCCCC)CCCCCCCC. The van der Waals surface area contributed by atoms with E-state index >= 15 is 0 Å². The van der Waals surface area contributed by atoms with Crippen molar-refractivity contribution in [3.63, 3.8) is 0 Å². The number of nitrogens with zero attached hydrogens (tertiary/aromatic N) is 1. The largest absolute Gasteiger partial charge is 0.214 e. The van der Waals surface area contributed by atoms with Crippen LogP contribution >= 0.6 is 0 Å². The van der Waals surface area contributed by atoms with E-state index in [4.69, 9.17) is 0 Å². The Bertz CT molecular complexity index is 406. The van der Waals surface area contributed by atoms with E-state index in [1.165, 1.54) is 38.5 Å². The lowest BCUT2D eigenvalue weighted by Crippen LogP contribution is -2.35. The Balaban J connectivity index is 4.27. The van der Waals surface area contributed by atoms with E-state index in [0.29, 0.717) is 12.3 Å². The van der Waals surface area contributed by atoms with Crippen LogP contribution in [0.5, 0.6) is 0 Å². The highest BCUT2D eigenvalue weighted by molar-refractivity contribution is 7.89. The Morgan fingerprint density at radius 2 is 1.15 bits per heavy atom. The second-order valence-electron chi connectivity index (χ2n) is 7.54. The smallest absolute Gasteiger partial charge is 0.212 e. The van der Waals surface area contributed by atoms with Crippen molar-refractivity contribution in [1.82, 2.24) is 4.31 Å².